The van der Waals surface area contributed by atoms with Gasteiger partial charge in [0.25, 0.3) is 0 Å². The summed E-state index contributed by atoms with van der Waals surface area (Å²) in [6.45, 7) is 5.70. The van der Waals surface area contributed by atoms with Crippen molar-refractivity contribution in [2.45, 2.75) is 39.2 Å². The van der Waals surface area contributed by atoms with Gasteiger partial charge in [0.1, 0.15) is 5.82 Å². The van der Waals surface area contributed by atoms with E-state index in [1.54, 1.807) is 0 Å². The van der Waals surface area contributed by atoms with Gasteiger partial charge in [-0.15, -0.1) is 0 Å². The molecule has 0 unspecified atom stereocenters. The van der Waals surface area contributed by atoms with Crippen molar-refractivity contribution in [3.05, 3.63) is 40.7 Å². The molecule has 0 bridgehead atoms. The van der Waals surface area contributed by atoms with E-state index < -0.39 is 0 Å². The Labute approximate surface area is 157 Å². The number of carbonyl (C=O) groups excluding carboxylic acids is 1. The highest BCUT2D eigenvalue weighted by Gasteiger charge is 2.26. The molecule has 0 atom stereocenters. The Kier molecular flexibility index (Phi) is 5.91. The first-order chi connectivity index (χ1) is 12.0. The maximum absolute atomic E-state index is 12.1. The highest BCUT2D eigenvalue weighted by Crippen LogP contribution is 2.25. The largest absolute Gasteiger partial charge is 0.354 e. The van der Waals surface area contributed by atoms with Crippen molar-refractivity contribution < 1.29 is 4.79 Å². The van der Waals surface area contributed by atoms with Gasteiger partial charge in [0.05, 0.1) is 0 Å². The molecule has 5 nitrogen and oxygen atoms in total. The van der Waals surface area contributed by atoms with Gasteiger partial charge >= 0.3 is 0 Å². The molecular formula is C18H23ClN4OS. The number of aromatic nitrogens is 2. The molecule has 1 saturated heterocycles. The predicted molar refractivity (Wildman–Crippen MR) is 102 cm³/mol. The van der Waals surface area contributed by atoms with Crippen LogP contribution in [-0.4, -0.2) is 34.4 Å². The summed E-state index contributed by atoms with van der Waals surface area (Å²) in [7, 11) is 0. The molecule has 0 spiro atoms. The van der Waals surface area contributed by atoms with Crippen LogP contribution < -0.4 is 10.2 Å². The van der Waals surface area contributed by atoms with E-state index in [4.69, 9.17) is 11.6 Å². The Bertz CT molecular complexity index is 708. The molecule has 1 aromatic heterocycles. The Morgan fingerprint density at radius 2 is 2.00 bits per heavy atom. The summed E-state index contributed by atoms with van der Waals surface area (Å²) >= 11 is 7.35. The second-order valence-corrected chi connectivity index (χ2v) is 7.89. The molecule has 1 aliphatic heterocycles. The fourth-order valence-corrected chi connectivity index (χ4v) is 3.83. The van der Waals surface area contributed by atoms with Crippen molar-refractivity contribution >= 4 is 34.2 Å². The fourth-order valence-electron chi connectivity index (χ4n) is 2.97. The summed E-state index contributed by atoms with van der Waals surface area (Å²) in [5.74, 6) is 1.12. The van der Waals surface area contributed by atoms with E-state index in [0.29, 0.717) is 6.42 Å². The molecule has 1 aliphatic rings. The lowest BCUT2D eigenvalue weighted by Crippen LogP contribution is -2.42. The standard InChI is InChI=1S/C18H23ClN4OS/c1-12(2)20-17(24)14-7-9-23(10-8-14)18-21-16(22-25-18)11-13-3-5-15(19)6-4-13/h3-6,12,14H,7-11H2,1-2H3,(H,20,24). The quantitative estimate of drug-likeness (QED) is 0.864. The monoisotopic (exact) mass is 378 g/mol. The minimum absolute atomic E-state index is 0.111. The highest BCUT2D eigenvalue weighted by molar-refractivity contribution is 7.09. The first kappa shape index (κ1) is 18.1. The summed E-state index contributed by atoms with van der Waals surface area (Å²) in [6.07, 6.45) is 2.44. The molecule has 0 radical (unpaired) electrons. The third kappa shape index (κ3) is 4.92. The van der Waals surface area contributed by atoms with E-state index in [0.717, 1.165) is 47.5 Å². The minimum Gasteiger partial charge on any atom is -0.354 e. The van der Waals surface area contributed by atoms with Gasteiger partial charge in [-0.1, -0.05) is 23.7 Å². The lowest BCUT2D eigenvalue weighted by molar-refractivity contribution is -0.126. The molecule has 0 saturated carbocycles. The van der Waals surface area contributed by atoms with Crippen LogP contribution in [0.4, 0.5) is 5.13 Å². The molecule has 1 amide bonds. The van der Waals surface area contributed by atoms with Crippen LogP contribution in [0.5, 0.6) is 0 Å². The van der Waals surface area contributed by atoms with Gasteiger partial charge in [-0.25, -0.2) is 4.98 Å². The number of carbonyl (C=O) groups is 1. The van der Waals surface area contributed by atoms with Crippen molar-refractivity contribution in [1.29, 1.82) is 0 Å². The molecule has 1 N–H and O–H groups in total. The molecule has 2 aromatic rings. The van der Waals surface area contributed by atoms with Crippen molar-refractivity contribution in [2.24, 2.45) is 5.92 Å². The maximum Gasteiger partial charge on any atom is 0.223 e. The molecule has 1 aromatic carbocycles. The number of piperidine rings is 1. The lowest BCUT2D eigenvalue weighted by atomic mass is 9.96. The predicted octanol–water partition coefficient (Wildman–Crippen LogP) is 3.52. The summed E-state index contributed by atoms with van der Waals surface area (Å²) < 4.78 is 4.48. The second-order valence-electron chi connectivity index (χ2n) is 6.72. The van der Waals surface area contributed by atoms with Gasteiger partial charge in [-0.05, 0) is 44.4 Å². The van der Waals surface area contributed by atoms with Crippen LogP contribution in [0.2, 0.25) is 5.02 Å². The smallest absolute Gasteiger partial charge is 0.223 e. The van der Waals surface area contributed by atoms with Crippen LogP contribution in [0.3, 0.4) is 0 Å². The Hall–Kier alpha value is -1.66. The van der Waals surface area contributed by atoms with E-state index in [1.165, 1.54) is 11.5 Å². The molecule has 25 heavy (non-hydrogen) atoms. The van der Waals surface area contributed by atoms with Crippen LogP contribution in [-0.2, 0) is 11.2 Å². The molecule has 2 heterocycles. The zero-order chi connectivity index (χ0) is 17.8. The number of nitrogens with zero attached hydrogens (tertiary/aromatic N) is 3. The van der Waals surface area contributed by atoms with E-state index in [-0.39, 0.29) is 17.9 Å². The molecule has 0 aliphatic carbocycles. The number of hydrogen-bond donors (Lipinski definition) is 1. The zero-order valence-electron chi connectivity index (χ0n) is 14.5. The number of hydrogen-bond acceptors (Lipinski definition) is 5. The Morgan fingerprint density at radius 3 is 2.64 bits per heavy atom. The van der Waals surface area contributed by atoms with Gasteiger partial charge in [0, 0.05) is 48.0 Å². The molecular weight excluding hydrogens is 356 g/mol. The third-order valence-electron chi connectivity index (χ3n) is 4.30. The van der Waals surface area contributed by atoms with E-state index >= 15 is 0 Å². The number of benzene rings is 1. The first-order valence-corrected chi connectivity index (χ1v) is 9.79. The number of amides is 1. The number of rotatable bonds is 5. The average molecular weight is 379 g/mol. The van der Waals surface area contributed by atoms with Gasteiger partial charge in [-0.3, -0.25) is 4.79 Å². The third-order valence-corrected chi connectivity index (χ3v) is 5.37. The molecule has 7 heteroatoms. The van der Waals surface area contributed by atoms with Crippen LogP contribution in [0.25, 0.3) is 0 Å². The normalized spacial score (nSPS) is 15.6. The summed E-state index contributed by atoms with van der Waals surface area (Å²) in [5.41, 5.74) is 1.15. The van der Waals surface area contributed by atoms with Gasteiger partial charge < -0.3 is 10.2 Å². The number of nitrogens with one attached hydrogen (secondary N) is 1. The van der Waals surface area contributed by atoms with Crippen LogP contribution >= 0.6 is 23.1 Å². The molecule has 3 rings (SSSR count). The van der Waals surface area contributed by atoms with E-state index in [2.05, 4.69) is 19.6 Å². The molecule has 1 fully saturated rings. The van der Waals surface area contributed by atoms with Crippen molar-refractivity contribution in [3.63, 3.8) is 0 Å². The average Bonchev–Trinajstić information content (AvgIpc) is 3.05. The van der Waals surface area contributed by atoms with Gasteiger partial charge in [0.15, 0.2) is 0 Å². The number of halogens is 1. The minimum atomic E-state index is 0.111. The van der Waals surface area contributed by atoms with E-state index in [1.807, 2.05) is 38.1 Å². The van der Waals surface area contributed by atoms with Crippen LogP contribution in [0.1, 0.15) is 38.1 Å². The van der Waals surface area contributed by atoms with Gasteiger partial charge in [-0.2, -0.15) is 4.37 Å². The SMILES string of the molecule is CC(C)NC(=O)C1CCN(c2nc(Cc3ccc(Cl)cc3)ns2)CC1. The van der Waals surface area contributed by atoms with Crippen molar-refractivity contribution in [2.75, 3.05) is 18.0 Å². The Morgan fingerprint density at radius 1 is 1.32 bits per heavy atom. The van der Waals surface area contributed by atoms with Crippen LogP contribution in [0.15, 0.2) is 24.3 Å². The summed E-state index contributed by atoms with van der Waals surface area (Å²) in [6, 6.07) is 7.97. The first-order valence-electron chi connectivity index (χ1n) is 8.63. The summed E-state index contributed by atoms with van der Waals surface area (Å²) in [4.78, 5) is 19.0. The van der Waals surface area contributed by atoms with Crippen LogP contribution in [0, 0.1) is 5.92 Å². The zero-order valence-corrected chi connectivity index (χ0v) is 16.1. The highest BCUT2D eigenvalue weighted by atomic mass is 35.5. The van der Waals surface area contributed by atoms with Gasteiger partial charge in [0.2, 0.25) is 11.0 Å². The lowest BCUT2D eigenvalue weighted by Gasteiger charge is -2.31. The second kappa shape index (κ2) is 8.15. The number of anilines is 1. The molecule has 134 valence electrons. The van der Waals surface area contributed by atoms with Crippen molar-refractivity contribution in [1.82, 2.24) is 14.7 Å². The maximum atomic E-state index is 12.1. The Balaban J connectivity index is 1.55. The topological polar surface area (TPSA) is 58.1 Å². The fraction of sp³-hybridized carbons (Fsp3) is 0.500. The summed E-state index contributed by atoms with van der Waals surface area (Å²) in [5, 5.41) is 4.70. The van der Waals surface area contributed by atoms with E-state index in [9.17, 15) is 4.79 Å². The van der Waals surface area contributed by atoms with Crippen molar-refractivity contribution in [3.8, 4) is 0 Å².